The Balaban J connectivity index is 1.58. The zero-order valence-corrected chi connectivity index (χ0v) is 17.5. The van der Waals surface area contributed by atoms with Gasteiger partial charge in [-0.15, -0.1) is 0 Å². The van der Waals surface area contributed by atoms with Crippen LogP contribution in [0.25, 0.3) is 0 Å². The highest BCUT2D eigenvalue weighted by molar-refractivity contribution is 6.39. The molecule has 1 heterocycles. The van der Waals surface area contributed by atoms with Crippen LogP contribution in [-0.2, 0) is 16.2 Å². The van der Waals surface area contributed by atoms with E-state index in [2.05, 4.69) is 15.1 Å². The van der Waals surface area contributed by atoms with Crippen molar-refractivity contribution >= 4 is 46.7 Å². The lowest BCUT2D eigenvalue weighted by atomic mass is 10.2. The lowest BCUT2D eigenvalue weighted by Gasteiger charge is -2.17. The van der Waals surface area contributed by atoms with Gasteiger partial charge in [0.1, 0.15) is 11.4 Å². The van der Waals surface area contributed by atoms with E-state index >= 15 is 0 Å². The van der Waals surface area contributed by atoms with Crippen LogP contribution in [0, 0.1) is 0 Å². The summed E-state index contributed by atoms with van der Waals surface area (Å²) < 4.78 is 10.3. The van der Waals surface area contributed by atoms with Crippen LogP contribution in [0.5, 0.6) is 5.75 Å². The first-order valence-corrected chi connectivity index (χ1v) is 9.64. The van der Waals surface area contributed by atoms with Crippen molar-refractivity contribution in [3.05, 3.63) is 52.0 Å². The van der Waals surface area contributed by atoms with Crippen LogP contribution < -0.4 is 15.8 Å². The molecule has 0 aromatic heterocycles. The molecule has 0 spiro atoms. The summed E-state index contributed by atoms with van der Waals surface area (Å²) in [5.41, 5.74) is 7.00. The number of guanidine groups is 1. The Kier molecular flexibility index (Phi) is 7.74. The van der Waals surface area contributed by atoms with E-state index in [1.54, 1.807) is 17.0 Å². The first-order valence-electron chi connectivity index (χ1n) is 8.88. The zero-order chi connectivity index (χ0) is 22.4. The molecule has 2 aromatic carbocycles. The molecule has 1 aliphatic rings. The standard InChI is InChI=1S/C18H19Cl2N5O6/c19-14-7-12(21)8-15(20)16(14)23-17-22-4-5-24(17)10-29-18(26)31-13-3-1-2-11(6-13)9-30-25(27)28/h1-3,6-8,27-28H,4-5,9-10,21H2,(H,22,23). The summed E-state index contributed by atoms with van der Waals surface area (Å²) in [7, 11) is 0. The third-order valence-electron chi connectivity index (χ3n) is 4.01. The number of nitrogens with two attached hydrogens (primary N) is 1. The van der Waals surface area contributed by atoms with Gasteiger partial charge in [-0.05, 0) is 29.8 Å². The number of nitrogens with one attached hydrogen (secondary N) is 1. The minimum absolute atomic E-state index is 0.123. The third-order valence-corrected chi connectivity index (χ3v) is 4.58. The lowest BCUT2D eigenvalue weighted by Crippen LogP contribution is -2.33. The molecular weight excluding hydrogens is 453 g/mol. The van der Waals surface area contributed by atoms with Crippen molar-refractivity contribution < 1.29 is 29.5 Å². The van der Waals surface area contributed by atoms with Crippen molar-refractivity contribution in [1.82, 2.24) is 15.6 Å². The summed E-state index contributed by atoms with van der Waals surface area (Å²) in [6, 6.07) is 9.36. The molecule has 0 amide bonds. The predicted molar refractivity (Wildman–Crippen MR) is 111 cm³/mol. The van der Waals surface area contributed by atoms with Crippen molar-refractivity contribution in [2.24, 2.45) is 4.99 Å². The van der Waals surface area contributed by atoms with Crippen LogP contribution in [0.15, 0.2) is 41.4 Å². The molecule has 1 fully saturated rings. The number of hydrogen-bond donors (Lipinski definition) is 4. The van der Waals surface area contributed by atoms with Crippen LogP contribution in [0.3, 0.4) is 0 Å². The minimum Gasteiger partial charge on any atom is -0.412 e. The zero-order valence-electron chi connectivity index (χ0n) is 16.0. The van der Waals surface area contributed by atoms with Crippen molar-refractivity contribution in [2.45, 2.75) is 6.61 Å². The topological polar surface area (TPSA) is 142 Å². The summed E-state index contributed by atoms with van der Waals surface area (Å²) >= 11 is 12.3. The smallest absolute Gasteiger partial charge is 0.412 e. The maximum absolute atomic E-state index is 12.1. The van der Waals surface area contributed by atoms with Gasteiger partial charge < -0.3 is 25.4 Å². The molecular formula is C18H19Cl2N5O6. The van der Waals surface area contributed by atoms with E-state index in [1.165, 1.54) is 24.3 Å². The molecule has 0 radical (unpaired) electrons. The predicted octanol–water partition coefficient (Wildman–Crippen LogP) is 3.15. The van der Waals surface area contributed by atoms with Gasteiger partial charge in [0, 0.05) is 18.8 Å². The van der Waals surface area contributed by atoms with Crippen LogP contribution in [0.2, 0.25) is 10.0 Å². The molecule has 1 saturated heterocycles. The largest absolute Gasteiger partial charge is 0.515 e. The average molecular weight is 472 g/mol. The summed E-state index contributed by atoms with van der Waals surface area (Å²) in [4.78, 5) is 22.6. The van der Waals surface area contributed by atoms with E-state index in [1.807, 2.05) is 0 Å². The quantitative estimate of drug-likeness (QED) is 0.205. The number of nitrogens with zero attached hydrogens (tertiary/aromatic N) is 3. The normalized spacial score (nSPS) is 14.7. The van der Waals surface area contributed by atoms with E-state index in [-0.39, 0.29) is 19.1 Å². The molecule has 0 aliphatic carbocycles. The Bertz CT molecular complexity index is 951. The van der Waals surface area contributed by atoms with Crippen LogP contribution in [0.4, 0.5) is 16.2 Å². The Labute approximate surface area is 187 Å². The highest BCUT2D eigenvalue weighted by atomic mass is 35.5. The fourth-order valence-corrected chi connectivity index (χ4v) is 3.23. The van der Waals surface area contributed by atoms with Gasteiger partial charge in [-0.2, -0.15) is 0 Å². The molecule has 2 aromatic rings. The first kappa shape index (κ1) is 22.9. The number of nitrogen functional groups attached to an aromatic ring is 1. The first-order chi connectivity index (χ1) is 14.8. The van der Waals surface area contributed by atoms with Crippen LogP contribution in [-0.4, -0.2) is 52.6 Å². The van der Waals surface area contributed by atoms with E-state index in [4.69, 9.17) is 48.8 Å². The van der Waals surface area contributed by atoms with Gasteiger partial charge >= 0.3 is 6.16 Å². The average Bonchev–Trinajstić information content (AvgIpc) is 3.15. The number of carbonyl (C=O) groups is 1. The second-order valence-corrected chi connectivity index (χ2v) is 7.07. The van der Waals surface area contributed by atoms with Crippen molar-refractivity contribution in [2.75, 3.05) is 25.6 Å². The van der Waals surface area contributed by atoms with E-state index in [9.17, 15) is 4.79 Å². The number of aliphatic imine (C=N–C) groups is 1. The molecule has 0 atom stereocenters. The highest BCUT2D eigenvalue weighted by Crippen LogP contribution is 2.35. The number of benzene rings is 2. The van der Waals surface area contributed by atoms with Crippen LogP contribution in [0.1, 0.15) is 5.56 Å². The number of halogens is 2. The monoisotopic (exact) mass is 471 g/mol. The Morgan fingerprint density at radius 3 is 2.71 bits per heavy atom. The summed E-state index contributed by atoms with van der Waals surface area (Å²) in [6.45, 7) is 0.842. The second-order valence-electron chi connectivity index (χ2n) is 6.26. The summed E-state index contributed by atoms with van der Waals surface area (Å²) in [5, 5.41) is 20.4. The van der Waals surface area contributed by atoms with Crippen molar-refractivity contribution in [1.29, 1.82) is 0 Å². The number of anilines is 1. The molecule has 3 rings (SSSR count). The Morgan fingerprint density at radius 1 is 1.26 bits per heavy atom. The van der Waals surface area contributed by atoms with Gasteiger partial charge in [-0.25, -0.2) is 14.6 Å². The maximum atomic E-state index is 12.1. The van der Waals surface area contributed by atoms with E-state index in [0.29, 0.717) is 46.0 Å². The number of carbonyl (C=O) groups excluding carboxylic acids is 1. The number of rotatable bonds is 7. The fourth-order valence-electron chi connectivity index (χ4n) is 2.64. The van der Waals surface area contributed by atoms with Crippen LogP contribution >= 0.6 is 23.2 Å². The van der Waals surface area contributed by atoms with Crippen molar-refractivity contribution in [3.8, 4) is 5.75 Å². The van der Waals surface area contributed by atoms with E-state index in [0.717, 1.165) is 0 Å². The maximum Gasteiger partial charge on any atom is 0.515 e. The molecule has 0 bridgehead atoms. The molecule has 31 heavy (non-hydrogen) atoms. The van der Waals surface area contributed by atoms with Gasteiger partial charge in [0.2, 0.25) is 5.96 Å². The molecule has 1 aliphatic heterocycles. The molecule has 5 N–H and O–H groups in total. The van der Waals surface area contributed by atoms with Gasteiger partial charge in [0.25, 0.3) is 0 Å². The molecule has 166 valence electrons. The number of hydrogen-bond acceptors (Lipinski definition) is 9. The molecule has 13 heteroatoms. The van der Waals surface area contributed by atoms with Gasteiger partial charge in [-0.3, -0.25) is 10.4 Å². The van der Waals surface area contributed by atoms with Crippen molar-refractivity contribution in [3.63, 3.8) is 0 Å². The van der Waals surface area contributed by atoms with Gasteiger partial charge in [0.15, 0.2) is 6.73 Å². The van der Waals surface area contributed by atoms with Gasteiger partial charge in [-0.1, -0.05) is 35.3 Å². The molecule has 0 saturated carbocycles. The fraction of sp³-hybridized carbons (Fsp3) is 0.222. The third kappa shape index (κ3) is 6.59. The lowest BCUT2D eigenvalue weighted by molar-refractivity contribution is -0.497. The molecule has 11 nitrogen and oxygen atoms in total. The molecule has 0 unspecified atom stereocenters. The van der Waals surface area contributed by atoms with E-state index < -0.39 is 11.5 Å². The highest BCUT2D eigenvalue weighted by Gasteiger charge is 2.21. The Hall–Kier alpha value is -2.80. The van der Waals surface area contributed by atoms with Gasteiger partial charge in [0.05, 0.1) is 22.0 Å². The Morgan fingerprint density at radius 2 is 2.00 bits per heavy atom. The SMILES string of the molecule is Nc1cc(Cl)c(/N=C2\NCCN2COC(=O)Oc2cccc(CON(O)O)c2)c(Cl)c1. The second kappa shape index (κ2) is 10.5. The number of ether oxygens (including phenoxy) is 2. The summed E-state index contributed by atoms with van der Waals surface area (Å²) in [6.07, 6.45) is -0.932. The minimum atomic E-state index is -0.932. The summed E-state index contributed by atoms with van der Waals surface area (Å²) in [5.74, 6) is 0.625.